The summed E-state index contributed by atoms with van der Waals surface area (Å²) in [5.74, 6) is -0.292. The number of hydrogen-bond acceptors (Lipinski definition) is 2. The predicted octanol–water partition coefficient (Wildman–Crippen LogP) is 2.39. The van der Waals surface area contributed by atoms with Crippen molar-refractivity contribution in [2.45, 2.75) is 39.3 Å². The second-order valence-corrected chi connectivity index (χ2v) is 4.62. The Balaban J connectivity index is 2.55. The highest BCUT2D eigenvalue weighted by molar-refractivity contribution is 5.78. The topological polar surface area (TPSA) is 41.1 Å². The van der Waals surface area contributed by atoms with Gasteiger partial charge in [-0.3, -0.25) is 4.79 Å². The minimum Gasteiger partial charge on any atom is -0.353 e. The summed E-state index contributed by atoms with van der Waals surface area (Å²) < 4.78 is 13.1. The SMILES string of the molecule is CCC(NCC(=O)NC(C)C)c1cccc(F)c1. The highest BCUT2D eigenvalue weighted by Gasteiger charge is 2.11. The van der Waals surface area contributed by atoms with Crippen molar-refractivity contribution in [1.82, 2.24) is 10.6 Å². The van der Waals surface area contributed by atoms with E-state index >= 15 is 0 Å². The van der Waals surface area contributed by atoms with Gasteiger partial charge in [-0.05, 0) is 38.0 Å². The van der Waals surface area contributed by atoms with Crippen LogP contribution in [0.2, 0.25) is 0 Å². The van der Waals surface area contributed by atoms with E-state index in [1.54, 1.807) is 6.07 Å². The van der Waals surface area contributed by atoms with E-state index in [0.717, 1.165) is 12.0 Å². The van der Waals surface area contributed by atoms with Crippen molar-refractivity contribution in [3.05, 3.63) is 35.6 Å². The molecule has 2 N–H and O–H groups in total. The van der Waals surface area contributed by atoms with Crippen molar-refractivity contribution < 1.29 is 9.18 Å². The maximum Gasteiger partial charge on any atom is 0.234 e. The van der Waals surface area contributed by atoms with Crippen LogP contribution in [0, 0.1) is 5.82 Å². The average Bonchev–Trinajstić information content (AvgIpc) is 2.29. The first-order valence-corrected chi connectivity index (χ1v) is 6.31. The zero-order valence-corrected chi connectivity index (χ0v) is 11.2. The fraction of sp³-hybridized carbons (Fsp3) is 0.500. The standard InChI is InChI=1S/C14H21FN2O/c1-4-13(11-6-5-7-12(15)8-11)16-9-14(18)17-10(2)3/h5-8,10,13,16H,4,9H2,1-3H3,(H,17,18). The third kappa shape index (κ3) is 4.84. The number of nitrogens with one attached hydrogen (secondary N) is 2. The minimum absolute atomic E-state index is 0.00128. The van der Waals surface area contributed by atoms with Crippen molar-refractivity contribution in [3.8, 4) is 0 Å². The molecule has 0 bridgehead atoms. The number of amides is 1. The molecule has 0 aliphatic carbocycles. The second kappa shape index (κ2) is 7.11. The van der Waals surface area contributed by atoms with Gasteiger partial charge in [0.25, 0.3) is 0 Å². The number of rotatable bonds is 6. The predicted molar refractivity (Wildman–Crippen MR) is 70.7 cm³/mol. The summed E-state index contributed by atoms with van der Waals surface area (Å²) in [7, 11) is 0. The molecule has 1 atom stereocenters. The first-order chi connectivity index (χ1) is 8.52. The smallest absolute Gasteiger partial charge is 0.234 e. The summed E-state index contributed by atoms with van der Waals surface area (Å²) in [4.78, 5) is 11.5. The van der Waals surface area contributed by atoms with E-state index < -0.39 is 0 Å². The summed E-state index contributed by atoms with van der Waals surface area (Å²) in [5.41, 5.74) is 0.870. The fourth-order valence-electron chi connectivity index (χ4n) is 1.81. The van der Waals surface area contributed by atoms with Gasteiger partial charge in [-0.25, -0.2) is 4.39 Å². The zero-order valence-electron chi connectivity index (χ0n) is 11.2. The van der Waals surface area contributed by atoms with Crippen LogP contribution in [0.4, 0.5) is 4.39 Å². The lowest BCUT2D eigenvalue weighted by Crippen LogP contribution is -2.38. The maximum atomic E-state index is 13.1. The molecule has 18 heavy (non-hydrogen) atoms. The molecular weight excluding hydrogens is 231 g/mol. The number of benzene rings is 1. The lowest BCUT2D eigenvalue weighted by Gasteiger charge is -2.18. The van der Waals surface area contributed by atoms with E-state index in [0.29, 0.717) is 0 Å². The van der Waals surface area contributed by atoms with Gasteiger partial charge in [0.05, 0.1) is 6.54 Å². The monoisotopic (exact) mass is 252 g/mol. The van der Waals surface area contributed by atoms with Crippen LogP contribution < -0.4 is 10.6 Å². The Morgan fingerprint density at radius 3 is 2.67 bits per heavy atom. The van der Waals surface area contributed by atoms with Crippen LogP contribution in [0.3, 0.4) is 0 Å². The van der Waals surface area contributed by atoms with Crippen LogP contribution in [-0.4, -0.2) is 18.5 Å². The van der Waals surface area contributed by atoms with Crippen molar-refractivity contribution in [3.63, 3.8) is 0 Å². The molecule has 0 saturated heterocycles. The van der Waals surface area contributed by atoms with E-state index in [1.807, 2.05) is 26.8 Å². The summed E-state index contributed by atoms with van der Waals surface area (Å²) >= 11 is 0. The number of carbonyl (C=O) groups is 1. The summed E-state index contributed by atoms with van der Waals surface area (Å²) in [6.45, 7) is 6.08. The van der Waals surface area contributed by atoms with Gasteiger partial charge in [-0.15, -0.1) is 0 Å². The molecule has 0 aliphatic heterocycles. The molecule has 1 amide bonds. The minimum atomic E-state index is -0.251. The van der Waals surface area contributed by atoms with Crippen molar-refractivity contribution >= 4 is 5.91 Å². The first-order valence-electron chi connectivity index (χ1n) is 6.31. The number of carbonyl (C=O) groups excluding carboxylic acids is 1. The van der Waals surface area contributed by atoms with E-state index in [-0.39, 0.29) is 30.4 Å². The van der Waals surface area contributed by atoms with Gasteiger partial charge in [-0.2, -0.15) is 0 Å². The van der Waals surface area contributed by atoms with Gasteiger partial charge < -0.3 is 10.6 Å². The van der Waals surface area contributed by atoms with Gasteiger partial charge in [0.1, 0.15) is 5.82 Å². The molecule has 3 nitrogen and oxygen atoms in total. The van der Waals surface area contributed by atoms with Crippen molar-refractivity contribution in [1.29, 1.82) is 0 Å². The van der Waals surface area contributed by atoms with E-state index in [2.05, 4.69) is 10.6 Å². The van der Waals surface area contributed by atoms with E-state index in [9.17, 15) is 9.18 Å². The lowest BCUT2D eigenvalue weighted by atomic mass is 10.0. The maximum absolute atomic E-state index is 13.1. The Labute approximate surface area is 108 Å². The summed E-state index contributed by atoms with van der Waals surface area (Å²) in [5, 5.41) is 5.95. The Kier molecular flexibility index (Phi) is 5.78. The highest BCUT2D eigenvalue weighted by atomic mass is 19.1. The third-order valence-corrected chi connectivity index (χ3v) is 2.62. The molecule has 0 fully saturated rings. The van der Waals surface area contributed by atoms with Crippen LogP contribution in [-0.2, 0) is 4.79 Å². The zero-order chi connectivity index (χ0) is 13.5. The Bertz CT molecular complexity index is 393. The Hall–Kier alpha value is -1.42. The molecule has 1 rings (SSSR count). The largest absolute Gasteiger partial charge is 0.353 e. The van der Waals surface area contributed by atoms with Crippen LogP contribution in [0.25, 0.3) is 0 Å². The normalized spacial score (nSPS) is 12.5. The second-order valence-electron chi connectivity index (χ2n) is 4.62. The van der Waals surface area contributed by atoms with E-state index in [1.165, 1.54) is 12.1 Å². The third-order valence-electron chi connectivity index (χ3n) is 2.62. The van der Waals surface area contributed by atoms with Gasteiger partial charge in [0, 0.05) is 12.1 Å². The molecule has 1 aromatic rings. The van der Waals surface area contributed by atoms with Crippen LogP contribution >= 0.6 is 0 Å². The van der Waals surface area contributed by atoms with Crippen LogP contribution in [0.1, 0.15) is 38.8 Å². The molecule has 4 heteroatoms. The molecule has 100 valence electrons. The van der Waals surface area contributed by atoms with Gasteiger partial charge in [0.15, 0.2) is 0 Å². The molecule has 0 aliphatic rings. The van der Waals surface area contributed by atoms with Crippen LogP contribution in [0.15, 0.2) is 24.3 Å². The van der Waals surface area contributed by atoms with Crippen molar-refractivity contribution in [2.24, 2.45) is 0 Å². The fourth-order valence-corrected chi connectivity index (χ4v) is 1.81. The lowest BCUT2D eigenvalue weighted by molar-refractivity contribution is -0.120. The number of halogens is 1. The van der Waals surface area contributed by atoms with Gasteiger partial charge in [0.2, 0.25) is 5.91 Å². The molecule has 0 heterocycles. The first kappa shape index (κ1) is 14.6. The van der Waals surface area contributed by atoms with E-state index in [4.69, 9.17) is 0 Å². The summed E-state index contributed by atoms with van der Waals surface area (Å²) in [6, 6.07) is 6.60. The Morgan fingerprint density at radius 1 is 1.39 bits per heavy atom. The average molecular weight is 252 g/mol. The summed E-state index contributed by atoms with van der Waals surface area (Å²) in [6.07, 6.45) is 0.804. The molecule has 0 aromatic heterocycles. The van der Waals surface area contributed by atoms with Gasteiger partial charge in [-0.1, -0.05) is 19.1 Å². The molecular formula is C14H21FN2O. The quantitative estimate of drug-likeness (QED) is 0.816. The number of hydrogen-bond donors (Lipinski definition) is 2. The molecule has 1 aromatic carbocycles. The molecule has 0 spiro atoms. The van der Waals surface area contributed by atoms with Crippen LogP contribution in [0.5, 0.6) is 0 Å². The molecule has 0 radical (unpaired) electrons. The Morgan fingerprint density at radius 2 is 2.11 bits per heavy atom. The molecule has 0 saturated carbocycles. The van der Waals surface area contributed by atoms with Gasteiger partial charge >= 0.3 is 0 Å². The molecule has 1 unspecified atom stereocenters. The highest BCUT2D eigenvalue weighted by Crippen LogP contribution is 2.16. The van der Waals surface area contributed by atoms with Crippen molar-refractivity contribution in [2.75, 3.05) is 6.54 Å².